The Hall–Kier alpha value is -2.02. The van der Waals surface area contributed by atoms with E-state index in [1.807, 2.05) is 29.9 Å². The number of ether oxygens (including phenoxy) is 1. The molecular weight excluding hydrogens is 332 g/mol. The Balaban J connectivity index is 1.44. The van der Waals surface area contributed by atoms with Crippen molar-refractivity contribution in [1.29, 1.82) is 0 Å². The van der Waals surface area contributed by atoms with Crippen molar-refractivity contribution in [2.24, 2.45) is 7.05 Å². The lowest BCUT2D eigenvalue weighted by Crippen LogP contribution is -2.35. The second-order valence-corrected chi connectivity index (χ2v) is 7.32. The van der Waals surface area contributed by atoms with Gasteiger partial charge < -0.3 is 4.74 Å². The molecular formula is C19H22N4OS. The monoisotopic (exact) mass is 354 g/mol. The Morgan fingerprint density at radius 1 is 1.20 bits per heavy atom. The molecule has 1 unspecified atom stereocenters. The topological polar surface area (TPSA) is 43.2 Å². The van der Waals surface area contributed by atoms with Gasteiger partial charge in [0.2, 0.25) is 0 Å². The first-order valence-electron chi connectivity index (χ1n) is 8.53. The van der Waals surface area contributed by atoms with Gasteiger partial charge >= 0.3 is 0 Å². The maximum absolute atomic E-state index is 6.03. The molecule has 0 saturated carbocycles. The summed E-state index contributed by atoms with van der Waals surface area (Å²) in [5.74, 6) is 0.297. The summed E-state index contributed by atoms with van der Waals surface area (Å²) >= 11 is 1.75. The van der Waals surface area contributed by atoms with Crippen LogP contribution in [0.3, 0.4) is 0 Å². The second kappa shape index (κ2) is 7.47. The zero-order valence-corrected chi connectivity index (χ0v) is 15.2. The van der Waals surface area contributed by atoms with E-state index in [0.29, 0.717) is 19.1 Å². The number of aryl methyl sites for hydroxylation is 1. The van der Waals surface area contributed by atoms with Crippen LogP contribution in [0, 0.1) is 0 Å². The fourth-order valence-electron chi connectivity index (χ4n) is 3.48. The van der Waals surface area contributed by atoms with Gasteiger partial charge in [0, 0.05) is 32.6 Å². The van der Waals surface area contributed by atoms with Crippen LogP contribution < -0.4 is 0 Å². The summed E-state index contributed by atoms with van der Waals surface area (Å²) in [5, 5.41) is 13.0. The van der Waals surface area contributed by atoms with E-state index in [2.05, 4.69) is 44.2 Å². The Morgan fingerprint density at radius 2 is 2.08 bits per heavy atom. The van der Waals surface area contributed by atoms with E-state index < -0.39 is 0 Å². The molecule has 1 atom stereocenters. The Labute approximate surface area is 151 Å². The van der Waals surface area contributed by atoms with Gasteiger partial charge in [-0.15, -0.1) is 5.10 Å². The highest BCUT2D eigenvalue weighted by atomic mass is 32.1. The summed E-state index contributed by atoms with van der Waals surface area (Å²) in [4.78, 5) is 2.44. The summed E-state index contributed by atoms with van der Waals surface area (Å²) in [6, 6.07) is 12.5. The van der Waals surface area contributed by atoms with Gasteiger partial charge in [0.25, 0.3) is 0 Å². The summed E-state index contributed by atoms with van der Waals surface area (Å²) in [5.41, 5.74) is 4.87. The lowest BCUT2D eigenvalue weighted by Gasteiger charge is -2.32. The number of benzene rings is 1. The molecule has 25 heavy (non-hydrogen) atoms. The normalized spacial score (nSPS) is 17.6. The van der Waals surface area contributed by atoms with Crippen molar-refractivity contribution in [2.75, 3.05) is 13.2 Å². The van der Waals surface area contributed by atoms with Crippen LogP contribution in [0.5, 0.6) is 0 Å². The van der Waals surface area contributed by atoms with Crippen LogP contribution in [0.2, 0.25) is 0 Å². The smallest absolute Gasteiger partial charge is 0.100 e. The standard InChI is InChI=1S/C19H22N4OS/c1-22-19-17(13-24-12-15-5-3-2-4-6-15)10-23(11-18(19)20-21-22)9-16-7-8-25-14-16/h2-8,14,17H,9-13H2,1H3. The van der Waals surface area contributed by atoms with Crippen molar-refractivity contribution in [3.05, 3.63) is 69.7 Å². The molecule has 1 aromatic carbocycles. The molecule has 2 aromatic heterocycles. The summed E-state index contributed by atoms with van der Waals surface area (Å²) in [7, 11) is 1.98. The fraction of sp³-hybridized carbons (Fsp3) is 0.368. The molecule has 0 aliphatic carbocycles. The first-order chi connectivity index (χ1) is 12.3. The minimum Gasteiger partial charge on any atom is -0.376 e. The third kappa shape index (κ3) is 3.81. The number of hydrogen-bond acceptors (Lipinski definition) is 5. The molecule has 1 aliphatic heterocycles. The lowest BCUT2D eigenvalue weighted by atomic mass is 9.98. The molecule has 1 aliphatic rings. The molecule has 0 N–H and O–H groups in total. The maximum Gasteiger partial charge on any atom is 0.100 e. The Morgan fingerprint density at radius 3 is 2.88 bits per heavy atom. The van der Waals surface area contributed by atoms with Gasteiger partial charge in [0.05, 0.1) is 18.9 Å². The predicted molar refractivity (Wildman–Crippen MR) is 98.3 cm³/mol. The van der Waals surface area contributed by atoms with E-state index in [-0.39, 0.29) is 0 Å². The van der Waals surface area contributed by atoms with E-state index in [4.69, 9.17) is 4.74 Å². The Kier molecular flexibility index (Phi) is 4.92. The van der Waals surface area contributed by atoms with Crippen LogP contribution in [0.15, 0.2) is 47.2 Å². The van der Waals surface area contributed by atoms with Crippen molar-refractivity contribution in [1.82, 2.24) is 19.9 Å². The molecule has 0 radical (unpaired) electrons. The van der Waals surface area contributed by atoms with E-state index in [1.54, 1.807) is 11.3 Å². The van der Waals surface area contributed by atoms with Crippen LogP contribution in [0.4, 0.5) is 0 Å². The molecule has 0 amide bonds. The molecule has 4 rings (SSSR count). The number of hydrogen-bond donors (Lipinski definition) is 0. The van der Waals surface area contributed by atoms with E-state index in [9.17, 15) is 0 Å². The van der Waals surface area contributed by atoms with E-state index >= 15 is 0 Å². The van der Waals surface area contributed by atoms with E-state index in [1.165, 1.54) is 16.8 Å². The quantitative estimate of drug-likeness (QED) is 0.682. The third-order valence-corrected chi connectivity index (χ3v) is 5.33. The average Bonchev–Trinajstić information content (AvgIpc) is 3.26. The number of rotatable bonds is 6. The van der Waals surface area contributed by atoms with Gasteiger partial charge in [-0.2, -0.15) is 11.3 Å². The van der Waals surface area contributed by atoms with Crippen molar-refractivity contribution < 1.29 is 4.74 Å². The van der Waals surface area contributed by atoms with Gasteiger partial charge in [0.1, 0.15) is 5.69 Å². The van der Waals surface area contributed by atoms with Crippen molar-refractivity contribution in [2.45, 2.75) is 25.6 Å². The van der Waals surface area contributed by atoms with Gasteiger partial charge in [-0.05, 0) is 28.0 Å². The fourth-order valence-corrected chi connectivity index (χ4v) is 4.14. The maximum atomic E-state index is 6.03. The molecule has 3 heterocycles. The third-order valence-electron chi connectivity index (χ3n) is 4.60. The van der Waals surface area contributed by atoms with Crippen LogP contribution in [0.1, 0.15) is 28.4 Å². The average molecular weight is 354 g/mol. The number of fused-ring (bicyclic) bond motifs is 1. The first-order valence-corrected chi connectivity index (χ1v) is 9.47. The molecule has 5 nitrogen and oxygen atoms in total. The molecule has 0 spiro atoms. The zero-order chi connectivity index (χ0) is 17.1. The molecule has 6 heteroatoms. The first kappa shape index (κ1) is 16.4. The van der Waals surface area contributed by atoms with E-state index in [0.717, 1.165) is 25.3 Å². The van der Waals surface area contributed by atoms with Gasteiger partial charge in [-0.25, -0.2) is 0 Å². The van der Waals surface area contributed by atoms with Gasteiger partial charge in [0.15, 0.2) is 0 Å². The number of thiophene rings is 1. The molecule has 0 saturated heterocycles. The summed E-state index contributed by atoms with van der Waals surface area (Å²) in [6.07, 6.45) is 0. The van der Waals surface area contributed by atoms with Gasteiger partial charge in [-0.3, -0.25) is 9.58 Å². The molecule has 0 bridgehead atoms. The van der Waals surface area contributed by atoms with Crippen LogP contribution in [0.25, 0.3) is 0 Å². The predicted octanol–water partition coefficient (Wildman–Crippen LogP) is 3.19. The molecule has 0 fully saturated rings. The van der Waals surface area contributed by atoms with Crippen molar-refractivity contribution in [3.63, 3.8) is 0 Å². The molecule has 3 aromatic rings. The number of nitrogens with zero attached hydrogens (tertiary/aromatic N) is 4. The molecule has 130 valence electrons. The highest BCUT2D eigenvalue weighted by Crippen LogP contribution is 2.28. The summed E-state index contributed by atoms with van der Waals surface area (Å²) in [6.45, 7) is 4.10. The van der Waals surface area contributed by atoms with Crippen molar-refractivity contribution in [3.8, 4) is 0 Å². The highest BCUT2D eigenvalue weighted by molar-refractivity contribution is 7.07. The van der Waals surface area contributed by atoms with Crippen molar-refractivity contribution >= 4 is 11.3 Å². The lowest BCUT2D eigenvalue weighted by molar-refractivity contribution is 0.0830. The minimum atomic E-state index is 0.297. The minimum absolute atomic E-state index is 0.297. The van der Waals surface area contributed by atoms with Crippen LogP contribution in [-0.4, -0.2) is 33.0 Å². The zero-order valence-electron chi connectivity index (χ0n) is 14.3. The summed E-state index contributed by atoms with van der Waals surface area (Å²) < 4.78 is 7.94. The van der Waals surface area contributed by atoms with Crippen LogP contribution >= 0.6 is 11.3 Å². The van der Waals surface area contributed by atoms with Crippen LogP contribution in [-0.2, 0) is 31.5 Å². The number of aromatic nitrogens is 3. The van der Waals surface area contributed by atoms with Gasteiger partial charge in [-0.1, -0.05) is 35.5 Å². The second-order valence-electron chi connectivity index (χ2n) is 6.54. The SMILES string of the molecule is Cn1nnc2c1C(COCc1ccccc1)CN(Cc1ccsc1)C2. The highest BCUT2D eigenvalue weighted by Gasteiger charge is 2.30. The largest absolute Gasteiger partial charge is 0.376 e. The Bertz CT molecular complexity index is 800.